The highest BCUT2D eigenvalue weighted by Crippen LogP contribution is 2.38. The number of hydrogen-bond donors (Lipinski definition) is 2. The summed E-state index contributed by atoms with van der Waals surface area (Å²) >= 11 is 1.95. The van der Waals surface area contributed by atoms with Gasteiger partial charge in [0.2, 0.25) is 0 Å². The Balaban J connectivity index is 1.57. The third-order valence-electron chi connectivity index (χ3n) is 3.87. The first-order valence-corrected chi connectivity index (χ1v) is 7.44. The normalized spacial score (nSPS) is 31.7. The first kappa shape index (κ1) is 11.6. The molecule has 17 heavy (non-hydrogen) atoms. The molecule has 92 valence electrons. The predicted octanol–water partition coefficient (Wildman–Crippen LogP) is 2.58. The molecule has 2 nitrogen and oxygen atoms in total. The Hall–Kier alpha value is -0.510. The number of aliphatic hydroxyl groups is 1. The van der Waals surface area contributed by atoms with Crippen molar-refractivity contribution in [3.63, 3.8) is 0 Å². The third-order valence-corrected chi connectivity index (χ3v) is 5.05. The largest absolute Gasteiger partial charge is 0.393 e. The zero-order chi connectivity index (χ0) is 11.7. The molecule has 0 radical (unpaired) electrons. The van der Waals surface area contributed by atoms with E-state index in [1.165, 1.54) is 16.9 Å². The molecule has 2 aliphatic rings. The summed E-state index contributed by atoms with van der Waals surface area (Å²) < 4.78 is 0. The smallest absolute Gasteiger partial charge is 0.0543 e. The Bertz CT molecular complexity index is 396. The van der Waals surface area contributed by atoms with E-state index in [4.69, 9.17) is 0 Å². The van der Waals surface area contributed by atoms with Crippen LogP contribution in [0, 0.1) is 5.92 Å². The van der Waals surface area contributed by atoms with E-state index in [9.17, 15) is 5.11 Å². The maximum Gasteiger partial charge on any atom is 0.0543 e. The van der Waals surface area contributed by atoms with Crippen LogP contribution < -0.4 is 5.32 Å². The number of rotatable bonds is 3. The molecule has 0 spiro atoms. The molecule has 0 bridgehead atoms. The predicted molar refractivity (Wildman–Crippen MR) is 71.3 cm³/mol. The summed E-state index contributed by atoms with van der Waals surface area (Å²) in [6.07, 6.45) is 3.10. The zero-order valence-electron chi connectivity index (χ0n) is 9.93. The van der Waals surface area contributed by atoms with E-state index in [0.717, 1.165) is 25.1 Å². The standard InChI is InChI=1S/C14H19NOS/c16-11-6-5-10(7-11)8-15-13-9-17-14-4-2-1-3-12(13)14/h1-4,10-11,13,15-16H,5-9H2. The topological polar surface area (TPSA) is 32.3 Å². The summed E-state index contributed by atoms with van der Waals surface area (Å²) in [7, 11) is 0. The van der Waals surface area contributed by atoms with E-state index in [0.29, 0.717) is 12.0 Å². The summed E-state index contributed by atoms with van der Waals surface area (Å²) in [6.45, 7) is 1.05. The maximum absolute atomic E-state index is 9.52. The molecule has 1 aliphatic carbocycles. The molecule has 2 N–H and O–H groups in total. The molecule has 3 rings (SSSR count). The first-order chi connectivity index (χ1) is 8.33. The van der Waals surface area contributed by atoms with Crippen LogP contribution in [0.5, 0.6) is 0 Å². The van der Waals surface area contributed by atoms with Crippen LogP contribution in [0.1, 0.15) is 30.9 Å². The van der Waals surface area contributed by atoms with Crippen LogP contribution in [0.3, 0.4) is 0 Å². The van der Waals surface area contributed by atoms with E-state index in [1.54, 1.807) is 0 Å². The van der Waals surface area contributed by atoms with Gasteiger partial charge in [-0.05, 0) is 43.4 Å². The molecule has 3 heteroatoms. The Morgan fingerprint density at radius 1 is 1.29 bits per heavy atom. The van der Waals surface area contributed by atoms with Crippen molar-refractivity contribution in [2.75, 3.05) is 12.3 Å². The Morgan fingerprint density at radius 3 is 3.00 bits per heavy atom. The molecule has 1 aliphatic heterocycles. The summed E-state index contributed by atoms with van der Waals surface area (Å²) in [5, 5.41) is 13.2. The van der Waals surface area contributed by atoms with Crippen molar-refractivity contribution < 1.29 is 5.11 Å². The van der Waals surface area contributed by atoms with Gasteiger partial charge in [-0.25, -0.2) is 0 Å². The van der Waals surface area contributed by atoms with Crippen molar-refractivity contribution in [1.29, 1.82) is 0 Å². The van der Waals surface area contributed by atoms with Crippen LogP contribution in [0.15, 0.2) is 29.2 Å². The minimum Gasteiger partial charge on any atom is -0.393 e. The molecule has 3 atom stereocenters. The highest BCUT2D eigenvalue weighted by molar-refractivity contribution is 7.99. The average Bonchev–Trinajstić information content (AvgIpc) is 2.93. The van der Waals surface area contributed by atoms with Gasteiger partial charge >= 0.3 is 0 Å². The van der Waals surface area contributed by atoms with Gasteiger partial charge in [-0.2, -0.15) is 0 Å². The van der Waals surface area contributed by atoms with E-state index in [2.05, 4.69) is 29.6 Å². The average molecular weight is 249 g/mol. The van der Waals surface area contributed by atoms with E-state index in [-0.39, 0.29) is 6.10 Å². The molecule has 1 aromatic rings. The van der Waals surface area contributed by atoms with E-state index in [1.807, 2.05) is 11.8 Å². The van der Waals surface area contributed by atoms with Crippen molar-refractivity contribution in [3.8, 4) is 0 Å². The third kappa shape index (κ3) is 2.51. The van der Waals surface area contributed by atoms with Crippen molar-refractivity contribution in [1.82, 2.24) is 5.32 Å². The van der Waals surface area contributed by atoms with Gasteiger partial charge in [-0.1, -0.05) is 18.2 Å². The summed E-state index contributed by atoms with van der Waals surface area (Å²) in [5.74, 6) is 1.82. The van der Waals surface area contributed by atoms with Gasteiger partial charge in [0, 0.05) is 16.7 Å². The van der Waals surface area contributed by atoms with Crippen molar-refractivity contribution in [3.05, 3.63) is 29.8 Å². The molecule has 0 amide bonds. The lowest BCUT2D eigenvalue weighted by molar-refractivity contribution is 0.177. The van der Waals surface area contributed by atoms with Gasteiger partial charge < -0.3 is 10.4 Å². The monoisotopic (exact) mass is 249 g/mol. The fourth-order valence-corrected chi connectivity index (χ4v) is 4.07. The Labute approximate surface area is 107 Å². The van der Waals surface area contributed by atoms with Gasteiger partial charge in [0.15, 0.2) is 0 Å². The van der Waals surface area contributed by atoms with Crippen molar-refractivity contribution in [2.24, 2.45) is 5.92 Å². The molecular weight excluding hydrogens is 230 g/mol. The van der Waals surface area contributed by atoms with Crippen LogP contribution in [-0.2, 0) is 0 Å². The van der Waals surface area contributed by atoms with Crippen LogP contribution in [-0.4, -0.2) is 23.5 Å². The lowest BCUT2D eigenvalue weighted by Crippen LogP contribution is -2.26. The van der Waals surface area contributed by atoms with Crippen LogP contribution in [0.25, 0.3) is 0 Å². The minimum atomic E-state index is -0.0490. The first-order valence-electron chi connectivity index (χ1n) is 6.46. The molecule has 1 aromatic carbocycles. The number of fused-ring (bicyclic) bond motifs is 1. The number of aliphatic hydroxyl groups excluding tert-OH is 1. The summed E-state index contributed by atoms with van der Waals surface area (Å²) in [4.78, 5) is 1.43. The maximum atomic E-state index is 9.52. The molecule has 3 unspecified atom stereocenters. The molecule has 1 heterocycles. The highest BCUT2D eigenvalue weighted by atomic mass is 32.2. The number of thioether (sulfide) groups is 1. The quantitative estimate of drug-likeness (QED) is 0.863. The second-order valence-electron chi connectivity index (χ2n) is 5.14. The number of nitrogens with one attached hydrogen (secondary N) is 1. The fraction of sp³-hybridized carbons (Fsp3) is 0.571. The molecular formula is C14H19NOS. The van der Waals surface area contributed by atoms with Crippen LogP contribution in [0.4, 0.5) is 0 Å². The van der Waals surface area contributed by atoms with Crippen molar-refractivity contribution >= 4 is 11.8 Å². The summed E-state index contributed by atoms with van der Waals surface area (Å²) in [5.41, 5.74) is 1.45. The molecule has 0 aromatic heterocycles. The van der Waals surface area contributed by atoms with Crippen molar-refractivity contribution in [2.45, 2.75) is 36.3 Å². The number of hydrogen-bond acceptors (Lipinski definition) is 3. The van der Waals surface area contributed by atoms with Gasteiger partial charge in [-0.15, -0.1) is 11.8 Å². The molecule has 1 saturated carbocycles. The van der Waals surface area contributed by atoms with Gasteiger partial charge in [0.25, 0.3) is 0 Å². The summed E-state index contributed by atoms with van der Waals surface area (Å²) in [6, 6.07) is 9.19. The molecule has 0 saturated heterocycles. The number of benzene rings is 1. The Kier molecular flexibility index (Phi) is 3.41. The van der Waals surface area contributed by atoms with Gasteiger partial charge in [0.1, 0.15) is 0 Å². The zero-order valence-corrected chi connectivity index (χ0v) is 10.7. The second-order valence-corrected chi connectivity index (χ2v) is 6.20. The Morgan fingerprint density at radius 2 is 2.18 bits per heavy atom. The lowest BCUT2D eigenvalue weighted by Gasteiger charge is -2.16. The SMILES string of the molecule is OC1CCC(CNC2CSc3ccccc32)C1. The molecule has 1 fully saturated rings. The highest BCUT2D eigenvalue weighted by Gasteiger charge is 2.26. The second kappa shape index (κ2) is 5.01. The fourth-order valence-electron chi connectivity index (χ4n) is 2.87. The van der Waals surface area contributed by atoms with Crippen LogP contribution >= 0.6 is 11.8 Å². The van der Waals surface area contributed by atoms with Gasteiger partial charge in [-0.3, -0.25) is 0 Å². The lowest BCUT2D eigenvalue weighted by atomic mass is 10.1. The minimum absolute atomic E-state index is 0.0490. The van der Waals surface area contributed by atoms with E-state index < -0.39 is 0 Å². The van der Waals surface area contributed by atoms with E-state index >= 15 is 0 Å². The van der Waals surface area contributed by atoms with Gasteiger partial charge in [0.05, 0.1) is 6.10 Å². The van der Waals surface area contributed by atoms with Crippen LogP contribution in [0.2, 0.25) is 0 Å².